The number of hydrogen-bond acceptors (Lipinski definition) is 4. The Morgan fingerprint density at radius 3 is 2.76 bits per heavy atom. The van der Waals surface area contributed by atoms with Gasteiger partial charge in [0.15, 0.2) is 11.5 Å². The quantitative estimate of drug-likeness (QED) is 0.845. The molecule has 2 atom stereocenters. The van der Waals surface area contributed by atoms with Crippen LogP contribution in [0.3, 0.4) is 0 Å². The van der Waals surface area contributed by atoms with Gasteiger partial charge < -0.3 is 19.9 Å². The Bertz CT molecular complexity index is 575. The fourth-order valence-electron chi connectivity index (χ4n) is 2.01. The highest BCUT2D eigenvalue weighted by molar-refractivity contribution is 9.10. The third-order valence-electron chi connectivity index (χ3n) is 3.46. The largest absolute Gasteiger partial charge is 0.480 e. The Hall–Kier alpha value is -1.76. The van der Waals surface area contributed by atoms with Crippen LogP contribution in [0.4, 0.5) is 0 Å². The van der Waals surface area contributed by atoms with Crippen molar-refractivity contribution in [2.45, 2.75) is 26.3 Å². The number of carbonyl (C=O) groups excluding carboxylic acids is 1. The zero-order chi connectivity index (χ0) is 15.6. The Kier molecular flexibility index (Phi) is 4.72. The molecule has 1 aromatic rings. The van der Waals surface area contributed by atoms with Crippen molar-refractivity contribution in [3.05, 3.63) is 22.2 Å². The third kappa shape index (κ3) is 3.29. The number of hydrogen-bond donors (Lipinski definition) is 2. The molecule has 1 aromatic carbocycles. The van der Waals surface area contributed by atoms with Crippen LogP contribution in [0.25, 0.3) is 0 Å². The second-order valence-electron chi connectivity index (χ2n) is 4.87. The predicted molar refractivity (Wildman–Crippen MR) is 78.6 cm³/mol. The number of halogens is 1. The van der Waals surface area contributed by atoms with E-state index >= 15 is 0 Å². The first-order valence-electron chi connectivity index (χ1n) is 6.56. The summed E-state index contributed by atoms with van der Waals surface area (Å²) in [6.07, 6.45) is 0.655. The molecule has 0 aromatic heterocycles. The van der Waals surface area contributed by atoms with Crippen molar-refractivity contribution >= 4 is 27.8 Å². The number of benzene rings is 1. The molecule has 0 fully saturated rings. The lowest BCUT2D eigenvalue weighted by Gasteiger charge is -2.20. The van der Waals surface area contributed by atoms with Gasteiger partial charge in [0.1, 0.15) is 6.04 Å². The lowest BCUT2D eigenvalue weighted by Crippen LogP contribution is -2.45. The fraction of sp³-hybridized carbons (Fsp3) is 0.429. The normalized spacial score (nSPS) is 15.4. The molecule has 6 nitrogen and oxygen atoms in total. The second kappa shape index (κ2) is 6.34. The molecule has 0 aliphatic carbocycles. The summed E-state index contributed by atoms with van der Waals surface area (Å²) in [7, 11) is 0. The number of carboxylic acid groups (broad SMARTS) is 1. The topological polar surface area (TPSA) is 84.9 Å². The first-order valence-corrected chi connectivity index (χ1v) is 7.36. The van der Waals surface area contributed by atoms with Gasteiger partial charge in [0.25, 0.3) is 5.91 Å². The van der Waals surface area contributed by atoms with Crippen LogP contribution in [0, 0.1) is 5.92 Å². The molecule has 1 amide bonds. The minimum absolute atomic E-state index is 0.101. The highest BCUT2D eigenvalue weighted by atomic mass is 79.9. The Morgan fingerprint density at radius 1 is 1.43 bits per heavy atom. The number of amides is 1. The molecule has 7 heteroatoms. The van der Waals surface area contributed by atoms with Crippen LogP contribution in [0.2, 0.25) is 0 Å². The maximum atomic E-state index is 12.2. The molecule has 114 valence electrons. The number of carboxylic acids is 1. The number of nitrogens with one attached hydrogen (secondary N) is 1. The summed E-state index contributed by atoms with van der Waals surface area (Å²) in [5.74, 6) is -0.656. The number of rotatable bonds is 5. The molecular weight excluding hydrogens is 342 g/mol. The van der Waals surface area contributed by atoms with Gasteiger partial charge in [-0.25, -0.2) is 4.79 Å². The third-order valence-corrected chi connectivity index (χ3v) is 4.04. The van der Waals surface area contributed by atoms with Crippen molar-refractivity contribution in [3.63, 3.8) is 0 Å². The maximum Gasteiger partial charge on any atom is 0.326 e. The van der Waals surface area contributed by atoms with E-state index in [2.05, 4.69) is 21.2 Å². The van der Waals surface area contributed by atoms with Crippen molar-refractivity contribution < 1.29 is 24.2 Å². The molecule has 21 heavy (non-hydrogen) atoms. The molecule has 2 N–H and O–H groups in total. The summed E-state index contributed by atoms with van der Waals surface area (Å²) in [5.41, 5.74) is 0.320. The number of fused-ring (bicyclic) bond motifs is 1. The molecule has 1 aliphatic heterocycles. The second-order valence-corrected chi connectivity index (χ2v) is 5.72. The van der Waals surface area contributed by atoms with E-state index in [9.17, 15) is 14.7 Å². The monoisotopic (exact) mass is 357 g/mol. The van der Waals surface area contributed by atoms with Crippen LogP contribution >= 0.6 is 15.9 Å². The van der Waals surface area contributed by atoms with Crippen LogP contribution in [0.15, 0.2) is 16.6 Å². The molecule has 0 saturated carbocycles. The van der Waals surface area contributed by atoms with E-state index in [0.29, 0.717) is 28.0 Å². The minimum Gasteiger partial charge on any atom is -0.480 e. The highest BCUT2D eigenvalue weighted by Crippen LogP contribution is 2.39. The fourth-order valence-corrected chi connectivity index (χ4v) is 2.56. The lowest BCUT2D eigenvalue weighted by molar-refractivity contribution is -0.140. The maximum absolute atomic E-state index is 12.2. The van der Waals surface area contributed by atoms with Gasteiger partial charge in [0.05, 0.1) is 4.47 Å². The van der Waals surface area contributed by atoms with Crippen molar-refractivity contribution in [3.8, 4) is 11.5 Å². The smallest absolute Gasteiger partial charge is 0.326 e. The van der Waals surface area contributed by atoms with Gasteiger partial charge in [-0.15, -0.1) is 0 Å². The number of ether oxygens (including phenoxy) is 2. The van der Waals surface area contributed by atoms with Gasteiger partial charge in [0, 0.05) is 5.56 Å². The summed E-state index contributed by atoms with van der Waals surface area (Å²) in [6, 6.07) is 2.20. The summed E-state index contributed by atoms with van der Waals surface area (Å²) >= 11 is 3.30. The molecule has 0 unspecified atom stereocenters. The SMILES string of the molecule is CC[C@H](C)[C@H](NC(=O)c1cc(Br)c2c(c1)OCO2)C(=O)O. The molecule has 0 spiro atoms. The summed E-state index contributed by atoms with van der Waals surface area (Å²) < 4.78 is 11.1. The van der Waals surface area contributed by atoms with Gasteiger partial charge in [-0.1, -0.05) is 20.3 Å². The molecule has 0 bridgehead atoms. The van der Waals surface area contributed by atoms with E-state index in [0.717, 1.165) is 0 Å². The lowest BCUT2D eigenvalue weighted by atomic mass is 9.99. The van der Waals surface area contributed by atoms with E-state index in [1.165, 1.54) is 6.07 Å². The van der Waals surface area contributed by atoms with Gasteiger partial charge in [-0.2, -0.15) is 0 Å². The first-order chi connectivity index (χ1) is 9.93. The highest BCUT2D eigenvalue weighted by Gasteiger charge is 2.27. The molecule has 0 radical (unpaired) electrons. The average molecular weight is 358 g/mol. The van der Waals surface area contributed by atoms with Crippen LogP contribution in [-0.2, 0) is 4.79 Å². The molecule has 1 aliphatic rings. The van der Waals surface area contributed by atoms with Crippen molar-refractivity contribution in [2.75, 3.05) is 6.79 Å². The molecule has 0 saturated heterocycles. The number of aliphatic carboxylic acids is 1. The van der Waals surface area contributed by atoms with Crippen molar-refractivity contribution in [2.24, 2.45) is 5.92 Å². The summed E-state index contributed by atoms with van der Waals surface area (Å²) in [5, 5.41) is 11.8. The first kappa shape index (κ1) is 15.6. The molecular formula is C14H16BrNO5. The summed E-state index contributed by atoms with van der Waals surface area (Å²) in [6.45, 7) is 3.77. The van der Waals surface area contributed by atoms with E-state index in [1.807, 2.05) is 6.92 Å². The van der Waals surface area contributed by atoms with Crippen LogP contribution in [0.5, 0.6) is 11.5 Å². The van der Waals surface area contributed by atoms with Crippen molar-refractivity contribution in [1.82, 2.24) is 5.32 Å². The molecule has 2 rings (SSSR count). The number of carbonyl (C=O) groups is 2. The van der Waals surface area contributed by atoms with Crippen LogP contribution < -0.4 is 14.8 Å². The molecule has 1 heterocycles. The van der Waals surface area contributed by atoms with Gasteiger partial charge in [-0.3, -0.25) is 4.79 Å². The Labute approximate surface area is 130 Å². The zero-order valence-electron chi connectivity index (χ0n) is 11.7. The van der Waals surface area contributed by atoms with E-state index in [1.54, 1.807) is 13.0 Å². The van der Waals surface area contributed by atoms with Crippen LogP contribution in [-0.4, -0.2) is 29.8 Å². The van der Waals surface area contributed by atoms with E-state index < -0.39 is 17.9 Å². The van der Waals surface area contributed by atoms with E-state index in [-0.39, 0.29) is 12.7 Å². The zero-order valence-corrected chi connectivity index (χ0v) is 13.3. The van der Waals surface area contributed by atoms with Crippen LogP contribution in [0.1, 0.15) is 30.6 Å². The van der Waals surface area contributed by atoms with Crippen molar-refractivity contribution in [1.29, 1.82) is 0 Å². The Morgan fingerprint density at radius 2 is 2.14 bits per heavy atom. The van der Waals surface area contributed by atoms with Gasteiger partial charge in [0.2, 0.25) is 6.79 Å². The predicted octanol–water partition coefficient (Wildman–Crippen LogP) is 2.41. The van der Waals surface area contributed by atoms with Gasteiger partial charge in [-0.05, 0) is 34.0 Å². The Balaban J connectivity index is 2.20. The van der Waals surface area contributed by atoms with E-state index in [4.69, 9.17) is 9.47 Å². The standard InChI is InChI=1S/C14H16BrNO5/c1-3-7(2)11(14(18)19)16-13(17)8-4-9(15)12-10(5-8)20-6-21-12/h4-5,7,11H,3,6H2,1-2H3,(H,16,17)(H,18,19)/t7-,11-/m0/s1. The summed E-state index contributed by atoms with van der Waals surface area (Å²) in [4.78, 5) is 23.5. The minimum atomic E-state index is -1.04. The van der Waals surface area contributed by atoms with Gasteiger partial charge >= 0.3 is 5.97 Å². The average Bonchev–Trinajstić information content (AvgIpc) is 2.92.